The van der Waals surface area contributed by atoms with Crippen molar-refractivity contribution in [2.24, 2.45) is 4.99 Å². The third kappa shape index (κ3) is 4.36. The summed E-state index contributed by atoms with van der Waals surface area (Å²) in [5, 5.41) is 1.43. The number of fused-ring (bicyclic) bond motifs is 1. The highest BCUT2D eigenvalue weighted by Crippen LogP contribution is 2.22. The van der Waals surface area contributed by atoms with Crippen LogP contribution in [0.1, 0.15) is 31.7 Å². The van der Waals surface area contributed by atoms with Crippen molar-refractivity contribution in [3.8, 4) is 0 Å². The van der Waals surface area contributed by atoms with Gasteiger partial charge in [0.1, 0.15) is 5.15 Å². The van der Waals surface area contributed by atoms with E-state index in [1.807, 2.05) is 25.1 Å². The first kappa shape index (κ1) is 15.6. The van der Waals surface area contributed by atoms with Crippen molar-refractivity contribution >= 4 is 34.9 Å². The largest absolute Gasteiger partial charge is 0.369 e. The second-order valence-corrected chi connectivity index (χ2v) is 5.54. The molecule has 0 aliphatic carbocycles. The summed E-state index contributed by atoms with van der Waals surface area (Å²) in [6.45, 7) is 2.18. The molecular weight excluding hydrogens is 286 g/mol. The van der Waals surface area contributed by atoms with Crippen LogP contribution < -0.4 is 0 Å². The number of aromatic nitrogens is 3. The van der Waals surface area contributed by atoms with E-state index in [0.29, 0.717) is 16.7 Å². The van der Waals surface area contributed by atoms with Crippen LogP contribution in [0.5, 0.6) is 0 Å². The van der Waals surface area contributed by atoms with Gasteiger partial charge in [0, 0.05) is 25.7 Å². The minimum atomic E-state index is 0.387. The van der Waals surface area contributed by atoms with Crippen molar-refractivity contribution in [1.29, 1.82) is 0 Å². The zero-order chi connectivity index (χ0) is 15.2. The smallest absolute Gasteiger partial charge is 0.252 e. The van der Waals surface area contributed by atoms with Gasteiger partial charge >= 0.3 is 0 Å². The number of nitrogens with zero attached hydrogens (tertiary/aromatic N) is 5. The minimum Gasteiger partial charge on any atom is -0.369 e. The van der Waals surface area contributed by atoms with Gasteiger partial charge in [-0.25, -0.2) is 15.0 Å². The zero-order valence-electron chi connectivity index (χ0n) is 12.7. The highest BCUT2D eigenvalue weighted by atomic mass is 35.5. The molecule has 0 radical (unpaired) electrons. The molecule has 2 rings (SSSR count). The molecule has 0 saturated carbocycles. The number of rotatable bonds is 6. The summed E-state index contributed by atoms with van der Waals surface area (Å²) in [5.41, 5.74) is 1.64. The number of halogens is 1. The Morgan fingerprint density at radius 2 is 2.10 bits per heavy atom. The van der Waals surface area contributed by atoms with Gasteiger partial charge in [0.15, 0.2) is 5.65 Å². The topological polar surface area (TPSA) is 54.3 Å². The average Bonchev–Trinajstić information content (AvgIpc) is 2.45. The van der Waals surface area contributed by atoms with Crippen molar-refractivity contribution in [3.05, 3.63) is 23.0 Å². The third-order valence-electron chi connectivity index (χ3n) is 3.04. The summed E-state index contributed by atoms with van der Waals surface area (Å²) in [6.07, 6.45) is 7.85. The van der Waals surface area contributed by atoms with E-state index in [2.05, 4.69) is 26.9 Å². The fourth-order valence-corrected chi connectivity index (χ4v) is 2.18. The molecule has 0 aromatic carbocycles. The summed E-state index contributed by atoms with van der Waals surface area (Å²) >= 11 is 6.24. The van der Waals surface area contributed by atoms with Crippen LogP contribution in [0.25, 0.3) is 11.0 Å². The summed E-state index contributed by atoms with van der Waals surface area (Å²) < 4.78 is 0. The Morgan fingerprint density at radius 1 is 1.29 bits per heavy atom. The first-order valence-corrected chi connectivity index (χ1v) is 7.50. The molecule has 2 heterocycles. The maximum atomic E-state index is 6.24. The van der Waals surface area contributed by atoms with Crippen LogP contribution in [0.3, 0.4) is 0 Å². The Balaban J connectivity index is 2.26. The Hall–Kier alpha value is -1.75. The Kier molecular flexibility index (Phi) is 5.44. The molecule has 0 unspecified atom stereocenters. The van der Waals surface area contributed by atoms with Crippen molar-refractivity contribution < 1.29 is 0 Å². The maximum absolute atomic E-state index is 6.24. The Morgan fingerprint density at radius 3 is 2.81 bits per heavy atom. The zero-order valence-corrected chi connectivity index (χ0v) is 13.4. The third-order valence-corrected chi connectivity index (χ3v) is 3.36. The number of pyridine rings is 1. The van der Waals surface area contributed by atoms with Crippen LogP contribution in [0.4, 0.5) is 5.95 Å². The number of aliphatic imine (C=N–C) groups is 1. The molecule has 2 aromatic heterocycles. The van der Waals surface area contributed by atoms with Crippen LogP contribution in [0.2, 0.25) is 5.15 Å². The van der Waals surface area contributed by atoms with Crippen molar-refractivity contribution in [1.82, 2.24) is 19.9 Å². The lowest BCUT2D eigenvalue weighted by Gasteiger charge is -2.06. The summed E-state index contributed by atoms with van der Waals surface area (Å²) in [5.74, 6) is 0.387. The first-order valence-electron chi connectivity index (χ1n) is 7.13. The highest BCUT2D eigenvalue weighted by Gasteiger charge is 2.07. The number of hydrogen-bond acceptors (Lipinski definition) is 4. The molecule has 0 aliphatic rings. The summed E-state index contributed by atoms with van der Waals surface area (Å²) in [7, 11) is 3.78. The van der Waals surface area contributed by atoms with Crippen LogP contribution in [0.15, 0.2) is 17.3 Å². The van der Waals surface area contributed by atoms with Gasteiger partial charge in [0.2, 0.25) is 0 Å². The highest BCUT2D eigenvalue weighted by molar-refractivity contribution is 6.30. The predicted molar refractivity (Wildman–Crippen MR) is 87.4 cm³/mol. The number of aryl methyl sites for hydroxylation is 1. The number of hydrogen-bond donors (Lipinski definition) is 0. The molecule has 2 aromatic rings. The van der Waals surface area contributed by atoms with Gasteiger partial charge in [-0.3, -0.25) is 0 Å². The van der Waals surface area contributed by atoms with E-state index in [0.717, 1.165) is 23.8 Å². The van der Waals surface area contributed by atoms with Crippen LogP contribution in [0, 0.1) is 0 Å². The lowest BCUT2D eigenvalue weighted by atomic mass is 10.1. The van der Waals surface area contributed by atoms with Gasteiger partial charge in [-0.2, -0.15) is 4.98 Å². The van der Waals surface area contributed by atoms with Gasteiger partial charge in [-0.05, 0) is 24.5 Å². The van der Waals surface area contributed by atoms with E-state index in [1.165, 1.54) is 12.8 Å². The lowest BCUT2D eigenvalue weighted by molar-refractivity contribution is 0.642. The minimum absolute atomic E-state index is 0.387. The fraction of sp³-hybridized carbons (Fsp3) is 0.467. The summed E-state index contributed by atoms with van der Waals surface area (Å²) in [6, 6.07) is 2.03. The molecule has 0 bridgehead atoms. The lowest BCUT2D eigenvalue weighted by Crippen LogP contribution is -2.07. The van der Waals surface area contributed by atoms with Gasteiger partial charge in [0.25, 0.3) is 5.95 Å². The van der Waals surface area contributed by atoms with Crippen LogP contribution in [-0.2, 0) is 6.42 Å². The Bertz CT molecular complexity index is 639. The quantitative estimate of drug-likeness (QED) is 0.354. The van der Waals surface area contributed by atoms with Crippen molar-refractivity contribution in [2.75, 3.05) is 14.1 Å². The van der Waals surface area contributed by atoms with E-state index in [4.69, 9.17) is 11.6 Å². The predicted octanol–water partition coefficient (Wildman–Crippen LogP) is 3.63. The molecular formula is C15H20ClN5. The Labute approximate surface area is 130 Å². The van der Waals surface area contributed by atoms with Crippen LogP contribution in [-0.4, -0.2) is 40.3 Å². The molecule has 0 N–H and O–H groups in total. The van der Waals surface area contributed by atoms with Gasteiger partial charge in [-0.1, -0.05) is 31.4 Å². The fourth-order valence-electron chi connectivity index (χ4n) is 1.95. The molecule has 0 spiro atoms. The van der Waals surface area contributed by atoms with Crippen LogP contribution >= 0.6 is 11.6 Å². The second-order valence-electron chi connectivity index (χ2n) is 5.19. The molecule has 112 valence electrons. The molecule has 0 aliphatic heterocycles. The molecule has 0 fully saturated rings. The van der Waals surface area contributed by atoms with E-state index in [9.17, 15) is 0 Å². The average molecular weight is 306 g/mol. The molecule has 5 nitrogen and oxygen atoms in total. The van der Waals surface area contributed by atoms with E-state index in [1.54, 1.807) is 12.5 Å². The van der Waals surface area contributed by atoms with Gasteiger partial charge in [0.05, 0.1) is 6.34 Å². The second kappa shape index (κ2) is 7.31. The molecule has 6 heteroatoms. The standard InChI is InChI=1S/C15H20ClN5/c1-4-5-6-7-11-8-12-9-17-15(18-10-21(2)3)20-14(12)19-13(11)16/h8-10H,4-7H2,1-3H3/b18-10-. The molecule has 0 atom stereocenters. The van der Waals surface area contributed by atoms with E-state index < -0.39 is 0 Å². The summed E-state index contributed by atoms with van der Waals surface area (Å²) in [4.78, 5) is 18.9. The van der Waals surface area contributed by atoms with E-state index >= 15 is 0 Å². The maximum Gasteiger partial charge on any atom is 0.252 e. The number of unbranched alkanes of at least 4 members (excludes halogenated alkanes) is 2. The van der Waals surface area contributed by atoms with Gasteiger partial charge in [-0.15, -0.1) is 0 Å². The SMILES string of the molecule is CCCCCc1cc2cnc(/N=C\N(C)C)nc2nc1Cl. The molecule has 21 heavy (non-hydrogen) atoms. The first-order chi connectivity index (χ1) is 10.1. The molecule has 0 saturated heterocycles. The monoisotopic (exact) mass is 305 g/mol. The molecule has 0 amide bonds. The van der Waals surface area contributed by atoms with Gasteiger partial charge < -0.3 is 4.90 Å². The normalized spacial score (nSPS) is 11.4. The van der Waals surface area contributed by atoms with E-state index in [-0.39, 0.29) is 0 Å². The van der Waals surface area contributed by atoms with Crippen molar-refractivity contribution in [3.63, 3.8) is 0 Å². The van der Waals surface area contributed by atoms with Crippen molar-refractivity contribution in [2.45, 2.75) is 32.6 Å².